The highest BCUT2D eigenvalue weighted by atomic mass is 32.2. The lowest BCUT2D eigenvalue weighted by Crippen LogP contribution is -2.37. The largest absolute Gasteiger partial charge is 0.473 e. The third kappa shape index (κ3) is 23.4. The normalized spacial score (nSPS) is 15.6. The van der Waals surface area contributed by atoms with Crippen molar-refractivity contribution in [3.05, 3.63) is 0 Å². The molecule has 0 rings (SSSR count). The lowest BCUT2D eigenvalue weighted by molar-refractivity contribution is -0.870. The maximum Gasteiger partial charge on any atom is 0.473 e. The van der Waals surface area contributed by atoms with Gasteiger partial charge in [0.1, 0.15) is 31.5 Å². The predicted molar refractivity (Wildman–Crippen MR) is 150 cm³/mol. The van der Waals surface area contributed by atoms with Crippen LogP contribution >= 0.6 is 19.6 Å². The van der Waals surface area contributed by atoms with Gasteiger partial charge in [0, 0.05) is 7.11 Å². The van der Waals surface area contributed by atoms with Gasteiger partial charge in [-0.2, -0.15) is 0 Å². The van der Waals surface area contributed by atoms with E-state index in [4.69, 9.17) is 18.5 Å². The minimum atomic E-state index is -4.29. The molecule has 0 spiro atoms. The van der Waals surface area contributed by atoms with Gasteiger partial charge in [-0.15, -0.1) is 11.8 Å². The molecule has 0 heterocycles. The van der Waals surface area contributed by atoms with Crippen LogP contribution < -0.4 is 0 Å². The van der Waals surface area contributed by atoms with Gasteiger partial charge in [-0.05, 0) is 12.2 Å². The molecule has 8 nitrogen and oxygen atoms in total. The van der Waals surface area contributed by atoms with E-state index in [2.05, 4.69) is 6.92 Å². The average molecular weight is 559 g/mol. The van der Waals surface area contributed by atoms with Crippen molar-refractivity contribution in [2.75, 3.05) is 60.6 Å². The summed E-state index contributed by atoms with van der Waals surface area (Å²) in [4.78, 5) is 10.2. The Hall–Kier alpha value is 0.300. The van der Waals surface area contributed by atoms with E-state index in [0.29, 0.717) is 11.0 Å². The zero-order chi connectivity index (χ0) is 27.1. The summed E-state index contributed by atoms with van der Waals surface area (Å²) in [6.07, 6.45) is 17.4. The molecule has 0 aliphatic carbocycles. The molecular weight excluding hydrogens is 501 g/mol. The Balaban J connectivity index is 4.17. The number of methoxy groups -OCH3 is 1. The Morgan fingerprint density at radius 3 is 1.81 bits per heavy atom. The molecule has 10 heteroatoms. The summed E-state index contributed by atoms with van der Waals surface area (Å²) in [5, 5.41) is 9.74. The first-order valence-electron chi connectivity index (χ1n) is 13.9. The first-order chi connectivity index (χ1) is 17.1. The van der Waals surface area contributed by atoms with E-state index in [9.17, 15) is 14.6 Å². The Morgan fingerprint density at radius 1 is 0.861 bits per heavy atom. The highest BCUT2D eigenvalue weighted by molar-refractivity contribution is 7.99. The molecule has 0 aliphatic heterocycles. The van der Waals surface area contributed by atoms with Crippen molar-refractivity contribution in [1.29, 1.82) is 0 Å². The molecule has 3 unspecified atom stereocenters. The van der Waals surface area contributed by atoms with E-state index in [1.54, 1.807) is 0 Å². The minimum absolute atomic E-state index is 0.0391. The van der Waals surface area contributed by atoms with Crippen molar-refractivity contribution in [2.24, 2.45) is 0 Å². The number of ether oxygens (including phenoxy) is 2. The number of hydrogen-bond acceptors (Lipinski definition) is 7. The summed E-state index contributed by atoms with van der Waals surface area (Å²) in [5.74, 6) is 0.744. The number of phosphoric ester groups is 1. The number of aliphatic hydroxyl groups is 1. The first kappa shape index (κ1) is 36.3. The summed E-state index contributed by atoms with van der Waals surface area (Å²) < 4.78 is 34.1. The van der Waals surface area contributed by atoms with Crippen LogP contribution in [0.25, 0.3) is 0 Å². The molecular formula is C26H57NO7PS+. The van der Waals surface area contributed by atoms with Crippen LogP contribution in [0, 0.1) is 0 Å². The molecule has 0 aromatic heterocycles. The summed E-state index contributed by atoms with van der Waals surface area (Å²) >= 11 is 1.38. The number of likely N-dealkylation sites (N-methyl/N-ethyl adjacent to an activating group) is 1. The van der Waals surface area contributed by atoms with Crippen LogP contribution in [0.3, 0.4) is 0 Å². The number of hydrogen-bond donors (Lipinski definition) is 2. The second kappa shape index (κ2) is 23.2. The number of quaternary nitrogens is 1. The van der Waals surface area contributed by atoms with Gasteiger partial charge in [-0.1, -0.05) is 90.4 Å². The minimum Gasteiger partial charge on any atom is -0.394 e. The molecule has 0 radical (unpaired) electrons. The topological polar surface area (TPSA) is 94.5 Å². The highest BCUT2D eigenvalue weighted by Gasteiger charge is 2.33. The zero-order valence-corrected chi connectivity index (χ0v) is 25.5. The van der Waals surface area contributed by atoms with Gasteiger partial charge in [0.15, 0.2) is 0 Å². The van der Waals surface area contributed by atoms with Crippen LogP contribution in [0.15, 0.2) is 0 Å². The third-order valence-corrected chi connectivity index (χ3v) is 8.31. The number of unbranched alkanes of at least 4 members (excludes halogenated alkanes) is 13. The molecule has 0 bridgehead atoms. The van der Waals surface area contributed by atoms with Crippen molar-refractivity contribution in [3.63, 3.8) is 0 Å². The van der Waals surface area contributed by atoms with Crippen LogP contribution in [0.1, 0.15) is 96.8 Å². The molecule has 36 heavy (non-hydrogen) atoms. The van der Waals surface area contributed by atoms with Crippen molar-refractivity contribution < 1.29 is 37.6 Å². The quantitative estimate of drug-likeness (QED) is 0.0521. The summed E-state index contributed by atoms with van der Waals surface area (Å²) in [6.45, 7) is 2.53. The van der Waals surface area contributed by atoms with Crippen LogP contribution in [0.4, 0.5) is 0 Å². The van der Waals surface area contributed by atoms with Gasteiger partial charge in [-0.3, -0.25) is 9.05 Å². The SMILES string of the molecule is CCCCCCCCCCCCCCCCSC(OP(=O)(O)OCC[N+](C)(C)C)C(CO)OCOC. The van der Waals surface area contributed by atoms with Crippen molar-refractivity contribution in [2.45, 2.75) is 108 Å². The van der Waals surface area contributed by atoms with E-state index in [-0.39, 0.29) is 20.0 Å². The maximum absolute atomic E-state index is 12.5. The van der Waals surface area contributed by atoms with Crippen molar-refractivity contribution >= 4 is 19.6 Å². The summed E-state index contributed by atoms with van der Waals surface area (Å²) in [6, 6.07) is 0. The highest BCUT2D eigenvalue weighted by Crippen LogP contribution is 2.47. The number of thioether (sulfide) groups is 1. The van der Waals surface area contributed by atoms with E-state index in [1.807, 2.05) is 21.1 Å². The first-order valence-corrected chi connectivity index (χ1v) is 16.5. The van der Waals surface area contributed by atoms with Crippen LogP contribution in [-0.2, 0) is 23.1 Å². The van der Waals surface area contributed by atoms with Gasteiger partial charge in [0.2, 0.25) is 0 Å². The van der Waals surface area contributed by atoms with E-state index >= 15 is 0 Å². The predicted octanol–water partition coefficient (Wildman–Crippen LogP) is 6.35. The smallest absolute Gasteiger partial charge is 0.394 e. The van der Waals surface area contributed by atoms with Gasteiger partial charge in [0.05, 0.1) is 27.7 Å². The lowest BCUT2D eigenvalue weighted by atomic mass is 10.0. The summed E-state index contributed by atoms with van der Waals surface area (Å²) in [7, 11) is 3.12. The van der Waals surface area contributed by atoms with Crippen molar-refractivity contribution in [3.8, 4) is 0 Å². The Labute approximate surface area is 226 Å². The Kier molecular flexibility index (Phi) is 23.4. The standard InChI is InChI=1S/C26H56NO7PS/c1-6-7-8-9-10-11-12-13-14-15-16-17-18-19-22-36-26(25(23-28)32-24-31-5)34-35(29,30)33-21-20-27(2,3)4/h25-26,28H,6-24H2,1-5H3/p+1. The Bertz CT molecular complexity index is 537. The van der Waals surface area contributed by atoms with Crippen molar-refractivity contribution in [1.82, 2.24) is 0 Å². The molecule has 2 N–H and O–H groups in total. The molecule has 0 aromatic carbocycles. The Morgan fingerprint density at radius 2 is 1.36 bits per heavy atom. The zero-order valence-electron chi connectivity index (χ0n) is 23.8. The molecule has 3 atom stereocenters. The number of rotatable bonds is 27. The number of phosphoric acid groups is 1. The number of aliphatic hydroxyl groups excluding tert-OH is 1. The molecule has 218 valence electrons. The molecule has 0 saturated heterocycles. The molecule has 0 aliphatic rings. The van der Waals surface area contributed by atoms with Gasteiger partial charge in [0.25, 0.3) is 0 Å². The van der Waals surface area contributed by atoms with Gasteiger partial charge >= 0.3 is 7.82 Å². The maximum atomic E-state index is 12.5. The molecule has 0 aromatic rings. The summed E-state index contributed by atoms with van der Waals surface area (Å²) in [5.41, 5.74) is -0.827. The van der Waals surface area contributed by atoms with E-state index < -0.39 is 19.4 Å². The second-order valence-corrected chi connectivity index (χ2v) is 13.2. The fourth-order valence-corrected chi connectivity index (χ4v) is 5.99. The third-order valence-electron chi connectivity index (χ3n) is 5.92. The monoisotopic (exact) mass is 558 g/mol. The molecule has 0 saturated carbocycles. The fraction of sp³-hybridized carbons (Fsp3) is 1.00. The molecule has 0 fully saturated rings. The van der Waals surface area contributed by atoms with Gasteiger partial charge in [-0.25, -0.2) is 4.57 Å². The van der Waals surface area contributed by atoms with E-state index in [0.717, 1.165) is 18.6 Å². The number of nitrogens with zero attached hydrogens (tertiary/aromatic N) is 1. The van der Waals surface area contributed by atoms with Gasteiger partial charge < -0.3 is 24.0 Å². The lowest BCUT2D eigenvalue weighted by Gasteiger charge is -2.28. The second-order valence-electron chi connectivity index (χ2n) is 10.6. The van der Waals surface area contributed by atoms with Crippen LogP contribution in [0.5, 0.6) is 0 Å². The van der Waals surface area contributed by atoms with Crippen LogP contribution in [0.2, 0.25) is 0 Å². The fourth-order valence-electron chi connectivity index (χ4n) is 3.67. The average Bonchev–Trinajstić information content (AvgIpc) is 2.80. The van der Waals surface area contributed by atoms with Crippen LogP contribution in [-0.4, -0.2) is 86.6 Å². The van der Waals surface area contributed by atoms with E-state index in [1.165, 1.54) is 95.9 Å². The molecule has 0 amide bonds.